The third-order valence-electron chi connectivity index (χ3n) is 7.79. The Hall–Kier alpha value is -4.07. The predicted molar refractivity (Wildman–Crippen MR) is 141 cm³/mol. The van der Waals surface area contributed by atoms with Crippen molar-refractivity contribution in [2.75, 3.05) is 30.3 Å². The molecule has 2 atom stereocenters. The van der Waals surface area contributed by atoms with E-state index < -0.39 is 41.9 Å². The molecule has 3 heterocycles. The number of carboxylic acid groups (broad SMARTS) is 1. The van der Waals surface area contributed by atoms with Crippen LogP contribution in [0.5, 0.6) is 5.88 Å². The van der Waals surface area contributed by atoms with E-state index in [0.717, 1.165) is 24.3 Å². The molecule has 8 nitrogen and oxygen atoms in total. The number of hydrogen-bond donors (Lipinski definition) is 3. The van der Waals surface area contributed by atoms with Crippen molar-refractivity contribution in [3.8, 4) is 17.0 Å². The molecule has 0 amide bonds. The molecule has 5 rings (SSSR count). The number of carbonyl (C=O) groups is 1. The zero-order chi connectivity index (χ0) is 30.3. The molecule has 2 fully saturated rings. The third kappa shape index (κ3) is 6.37. The highest BCUT2D eigenvalue weighted by atomic mass is 19.4. The first-order valence-electron chi connectivity index (χ1n) is 13.1. The normalized spacial score (nSPS) is 19.6. The Bertz CT molecular complexity index is 1440. The van der Waals surface area contributed by atoms with Crippen LogP contribution in [-0.2, 0) is 11.0 Å². The highest BCUT2D eigenvalue weighted by Crippen LogP contribution is 2.42. The fraction of sp³-hybridized carbons (Fsp3) is 0.393. The molecule has 2 aliphatic heterocycles. The number of aromatic nitrogens is 2. The van der Waals surface area contributed by atoms with E-state index in [4.69, 9.17) is 10.5 Å². The maximum Gasteiger partial charge on any atom is 0.429 e. The number of anilines is 2. The number of nitrogens with zero attached hydrogens (tertiary/aromatic N) is 3. The molecule has 0 bridgehead atoms. The molecule has 0 saturated carbocycles. The van der Waals surface area contributed by atoms with Crippen LogP contribution in [0.1, 0.15) is 36.5 Å². The Balaban J connectivity index is 1.33. The fourth-order valence-electron chi connectivity index (χ4n) is 5.51. The zero-order valence-corrected chi connectivity index (χ0v) is 22.0. The van der Waals surface area contributed by atoms with Crippen molar-refractivity contribution in [3.63, 3.8) is 0 Å². The van der Waals surface area contributed by atoms with Crippen LogP contribution in [0.2, 0.25) is 0 Å². The van der Waals surface area contributed by atoms with Gasteiger partial charge in [-0.1, -0.05) is 36.4 Å². The van der Waals surface area contributed by atoms with Crippen LogP contribution in [-0.4, -0.2) is 52.9 Å². The molecule has 1 unspecified atom stereocenters. The SMILES string of the molecule is Nc1nc(O[C@H](c2ccc(-c3cccc(C(F)(F)F)c3)cc2)C(F)(F)F)cc(N2CCC3(CC2)CNC(C(=O)O)C3)n1. The van der Waals surface area contributed by atoms with E-state index in [1.54, 1.807) is 0 Å². The summed E-state index contributed by atoms with van der Waals surface area (Å²) in [5.41, 5.74) is 4.99. The van der Waals surface area contributed by atoms with Crippen molar-refractivity contribution < 1.29 is 41.0 Å². The number of alkyl halides is 6. The summed E-state index contributed by atoms with van der Waals surface area (Å²) in [7, 11) is 0. The van der Waals surface area contributed by atoms with Crippen molar-refractivity contribution in [2.45, 2.75) is 43.8 Å². The van der Waals surface area contributed by atoms with Crippen molar-refractivity contribution in [3.05, 3.63) is 65.7 Å². The van der Waals surface area contributed by atoms with Gasteiger partial charge < -0.3 is 25.8 Å². The highest BCUT2D eigenvalue weighted by Gasteiger charge is 2.45. The molecule has 224 valence electrons. The number of rotatable bonds is 6. The number of hydrogen-bond acceptors (Lipinski definition) is 7. The molecule has 2 saturated heterocycles. The summed E-state index contributed by atoms with van der Waals surface area (Å²) in [5.74, 6) is -1.29. The van der Waals surface area contributed by atoms with Gasteiger partial charge in [0.15, 0.2) is 0 Å². The van der Waals surface area contributed by atoms with Crippen LogP contribution >= 0.6 is 0 Å². The van der Waals surface area contributed by atoms with Gasteiger partial charge in [0.25, 0.3) is 0 Å². The summed E-state index contributed by atoms with van der Waals surface area (Å²) in [6, 6.07) is 10.0. The molecule has 0 aliphatic carbocycles. The summed E-state index contributed by atoms with van der Waals surface area (Å²) >= 11 is 0. The maximum atomic E-state index is 14.1. The van der Waals surface area contributed by atoms with E-state index in [0.29, 0.717) is 44.5 Å². The molecule has 1 aromatic heterocycles. The van der Waals surface area contributed by atoms with E-state index in [9.17, 15) is 36.2 Å². The molecule has 14 heteroatoms. The summed E-state index contributed by atoms with van der Waals surface area (Å²) in [4.78, 5) is 21.2. The van der Waals surface area contributed by atoms with Gasteiger partial charge in [-0.2, -0.15) is 36.3 Å². The van der Waals surface area contributed by atoms with E-state index in [1.165, 1.54) is 30.3 Å². The second-order valence-electron chi connectivity index (χ2n) is 10.6. The first kappa shape index (κ1) is 29.4. The van der Waals surface area contributed by atoms with Gasteiger partial charge in [0, 0.05) is 31.3 Å². The second kappa shape index (κ2) is 11.0. The van der Waals surface area contributed by atoms with Gasteiger partial charge >= 0.3 is 18.3 Å². The number of benzene rings is 2. The largest absolute Gasteiger partial charge is 0.480 e. The minimum atomic E-state index is -4.86. The zero-order valence-electron chi connectivity index (χ0n) is 22.0. The minimum Gasteiger partial charge on any atom is -0.480 e. The Morgan fingerprint density at radius 3 is 2.31 bits per heavy atom. The molecular weight excluding hydrogens is 568 g/mol. The quantitative estimate of drug-likeness (QED) is 0.322. The van der Waals surface area contributed by atoms with E-state index in [2.05, 4.69) is 15.3 Å². The monoisotopic (exact) mass is 595 g/mol. The van der Waals surface area contributed by atoms with Crippen molar-refractivity contribution in [1.82, 2.24) is 15.3 Å². The maximum absolute atomic E-state index is 14.1. The lowest BCUT2D eigenvalue weighted by molar-refractivity contribution is -0.198. The van der Waals surface area contributed by atoms with Crippen molar-refractivity contribution in [2.24, 2.45) is 5.41 Å². The third-order valence-corrected chi connectivity index (χ3v) is 7.79. The molecular formula is C28H27F6N5O3. The van der Waals surface area contributed by atoms with Crippen LogP contribution in [0.15, 0.2) is 54.6 Å². The predicted octanol–water partition coefficient (Wildman–Crippen LogP) is 5.46. The van der Waals surface area contributed by atoms with Crippen LogP contribution in [0.4, 0.5) is 38.1 Å². The average Bonchev–Trinajstić information content (AvgIpc) is 3.35. The number of nitrogens with one attached hydrogen (secondary N) is 1. The standard InChI is InChI=1S/C28H27F6N5O3/c29-27(30,31)19-3-1-2-18(12-19)16-4-6-17(7-5-16)23(28(32,33)34)42-22-13-21(37-25(35)38-22)39-10-8-26(9-11-39)14-20(24(40)41)36-15-26/h1-7,12-13,20,23,36H,8-11,14-15H2,(H,40,41)(H2,35,37,38)/t20?,23-/m1/s1. The summed E-state index contributed by atoms with van der Waals surface area (Å²) in [6.07, 6.45) is -10.0. The van der Waals surface area contributed by atoms with Gasteiger partial charge in [0.2, 0.25) is 17.9 Å². The van der Waals surface area contributed by atoms with Crippen LogP contribution in [0.25, 0.3) is 11.1 Å². The first-order chi connectivity index (χ1) is 19.7. The summed E-state index contributed by atoms with van der Waals surface area (Å²) < 4.78 is 87.0. The lowest BCUT2D eigenvalue weighted by Crippen LogP contribution is -2.41. The Labute approximate surface area is 236 Å². The lowest BCUT2D eigenvalue weighted by Gasteiger charge is -2.39. The summed E-state index contributed by atoms with van der Waals surface area (Å²) in [5, 5.41) is 12.3. The van der Waals surface area contributed by atoms with Crippen molar-refractivity contribution in [1.29, 1.82) is 0 Å². The van der Waals surface area contributed by atoms with Gasteiger partial charge in [-0.25, -0.2) is 0 Å². The number of halogens is 6. The smallest absolute Gasteiger partial charge is 0.429 e. The second-order valence-corrected chi connectivity index (χ2v) is 10.6. The highest BCUT2D eigenvalue weighted by molar-refractivity contribution is 5.74. The van der Waals surface area contributed by atoms with Gasteiger partial charge in [0.05, 0.1) is 5.56 Å². The molecule has 1 spiro atoms. The van der Waals surface area contributed by atoms with Crippen LogP contribution in [0.3, 0.4) is 0 Å². The Morgan fingerprint density at radius 1 is 1.02 bits per heavy atom. The van der Waals surface area contributed by atoms with Gasteiger partial charge in [-0.3, -0.25) is 4.79 Å². The molecule has 3 aromatic rings. The Morgan fingerprint density at radius 2 is 1.71 bits per heavy atom. The van der Waals surface area contributed by atoms with Gasteiger partial charge in [0.1, 0.15) is 11.9 Å². The minimum absolute atomic E-state index is 0.181. The number of piperidine rings is 1. The molecule has 0 radical (unpaired) electrons. The molecule has 2 aromatic carbocycles. The van der Waals surface area contributed by atoms with Gasteiger partial charge in [-0.05, 0) is 47.9 Å². The Kier molecular flexibility index (Phi) is 7.68. The topological polar surface area (TPSA) is 114 Å². The number of nitrogens with two attached hydrogens (primary N) is 1. The van der Waals surface area contributed by atoms with E-state index in [-0.39, 0.29) is 28.3 Å². The first-order valence-corrected chi connectivity index (χ1v) is 13.1. The van der Waals surface area contributed by atoms with Crippen LogP contribution < -0.4 is 20.7 Å². The lowest BCUT2D eigenvalue weighted by atomic mass is 9.76. The summed E-state index contributed by atoms with van der Waals surface area (Å²) in [6.45, 7) is 1.55. The molecule has 2 aliphatic rings. The van der Waals surface area contributed by atoms with Crippen LogP contribution in [0, 0.1) is 5.41 Å². The number of carboxylic acids is 1. The van der Waals surface area contributed by atoms with Gasteiger partial charge in [-0.15, -0.1) is 0 Å². The molecule has 42 heavy (non-hydrogen) atoms. The van der Waals surface area contributed by atoms with E-state index >= 15 is 0 Å². The average molecular weight is 596 g/mol. The van der Waals surface area contributed by atoms with Crippen molar-refractivity contribution >= 4 is 17.7 Å². The number of ether oxygens (including phenoxy) is 1. The fourth-order valence-corrected chi connectivity index (χ4v) is 5.51. The van der Waals surface area contributed by atoms with E-state index in [1.807, 2.05) is 4.90 Å². The molecule has 4 N–H and O–H groups in total. The number of aliphatic carboxylic acids is 1. The number of nitrogen functional groups attached to an aromatic ring is 1.